The number of hydrogen-bond acceptors (Lipinski definition) is 8. The number of hydrogen-bond donors (Lipinski definition) is 0. The topological polar surface area (TPSA) is 129 Å². The van der Waals surface area contributed by atoms with Crippen LogP contribution in [0.2, 0.25) is 0 Å². The van der Waals surface area contributed by atoms with Gasteiger partial charge in [0, 0.05) is 24.6 Å². The highest BCUT2D eigenvalue weighted by molar-refractivity contribution is 7.89. The number of aromatic nitrogens is 2. The Labute approximate surface area is 170 Å². The van der Waals surface area contributed by atoms with E-state index >= 15 is 0 Å². The highest BCUT2D eigenvalue weighted by Gasteiger charge is 2.29. The van der Waals surface area contributed by atoms with Gasteiger partial charge in [0.2, 0.25) is 10.0 Å². The van der Waals surface area contributed by atoms with Crippen molar-refractivity contribution in [3.8, 4) is 5.75 Å². The lowest BCUT2D eigenvalue weighted by Gasteiger charge is -2.19. The monoisotopic (exact) mass is 426 g/mol. The van der Waals surface area contributed by atoms with Crippen LogP contribution in [0.25, 0.3) is 0 Å². The molecule has 0 saturated carbocycles. The van der Waals surface area contributed by atoms with Gasteiger partial charge in [-0.15, -0.1) is 0 Å². The number of nitro groups is 1. The van der Waals surface area contributed by atoms with Crippen LogP contribution in [-0.4, -0.2) is 40.9 Å². The lowest BCUT2D eigenvalue weighted by molar-refractivity contribution is -0.386. The second-order valence-electron chi connectivity index (χ2n) is 7.44. The summed E-state index contributed by atoms with van der Waals surface area (Å²) < 4.78 is 37.4. The summed E-state index contributed by atoms with van der Waals surface area (Å²) in [6.07, 6.45) is -0.762. The molecule has 1 unspecified atom stereocenters. The average molecular weight is 426 g/mol. The number of benzene rings is 1. The van der Waals surface area contributed by atoms with Gasteiger partial charge in [0.1, 0.15) is 0 Å². The third-order valence-corrected chi connectivity index (χ3v) is 6.28. The largest absolute Gasteiger partial charge is 0.474 e. The Kier molecular flexibility index (Phi) is 6.63. The van der Waals surface area contributed by atoms with Gasteiger partial charge in [-0.2, -0.15) is 9.29 Å². The number of sulfonamides is 1. The van der Waals surface area contributed by atoms with Gasteiger partial charge in [-0.05, 0) is 19.1 Å². The molecule has 10 nitrogen and oxygen atoms in total. The van der Waals surface area contributed by atoms with Crippen LogP contribution in [0, 0.1) is 10.1 Å². The van der Waals surface area contributed by atoms with Crippen LogP contribution in [-0.2, 0) is 15.4 Å². The van der Waals surface area contributed by atoms with Crippen LogP contribution in [0.4, 0.5) is 5.69 Å². The highest BCUT2D eigenvalue weighted by Crippen LogP contribution is 2.34. The SMILES string of the molecule is CCN(CC)S(=O)(=O)c1ccc(OC(C)c2nc(C(C)(C)C)no2)c([N+](=O)[O-])c1. The van der Waals surface area contributed by atoms with Gasteiger partial charge in [0.25, 0.3) is 5.89 Å². The molecule has 0 amide bonds. The van der Waals surface area contributed by atoms with Crippen molar-refractivity contribution in [2.45, 2.75) is 58.0 Å². The first kappa shape index (κ1) is 22.8. The zero-order chi connectivity index (χ0) is 22.0. The van der Waals surface area contributed by atoms with Crippen LogP contribution >= 0.6 is 0 Å². The molecule has 0 saturated heterocycles. The van der Waals surface area contributed by atoms with E-state index in [0.717, 1.165) is 6.07 Å². The van der Waals surface area contributed by atoms with E-state index in [9.17, 15) is 18.5 Å². The fraction of sp³-hybridized carbons (Fsp3) is 0.556. The van der Waals surface area contributed by atoms with Gasteiger partial charge >= 0.3 is 5.69 Å². The minimum Gasteiger partial charge on any atom is -0.474 e. The number of ether oxygens (including phenoxy) is 1. The first-order chi connectivity index (χ1) is 13.4. The Bertz CT molecular complexity index is 976. The molecule has 2 rings (SSSR count). The zero-order valence-corrected chi connectivity index (χ0v) is 18.2. The third-order valence-electron chi connectivity index (χ3n) is 4.23. The fourth-order valence-electron chi connectivity index (χ4n) is 2.56. The number of nitrogens with zero attached hydrogens (tertiary/aromatic N) is 4. The minimum absolute atomic E-state index is 0.0866. The summed E-state index contributed by atoms with van der Waals surface area (Å²) in [7, 11) is -3.84. The van der Waals surface area contributed by atoms with Crippen molar-refractivity contribution in [2.24, 2.45) is 0 Å². The maximum atomic E-state index is 12.7. The Morgan fingerprint density at radius 1 is 1.28 bits per heavy atom. The predicted molar refractivity (Wildman–Crippen MR) is 105 cm³/mol. The van der Waals surface area contributed by atoms with Gasteiger partial charge in [0.05, 0.1) is 9.82 Å². The van der Waals surface area contributed by atoms with Gasteiger partial charge in [-0.3, -0.25) is 10.1 Å². The summed E-state index contributed by atoms with van der Waals surface area (Å²) in [5.74, 6) is 0.568. The quantitative estimate of drug-likeness (QED) is 0.464. The molecule has 11 heteroatoms. The minimum atomic E-state index is -3.84. The molecule has 0 bridgehead atoms. The van der Waals surface area contributed by atoms with Crippen molar-refractivity contribution in [1.82, 2.24) is 14.4 Å². The number of nitro benzene ring substituents is 1. The van der Waals surface area contributed by atoms with Crippen LogP contribution in [0.5, 0.6) is 5.75 Å². The molecule has 0 N–H and O–H groups in total. The van der Waals surface area contributed by atoms with Crippen molar-refractivity contribution >= 4 is 15.7 Å². The molecule has 1 heterocycles. The normalized spacial score (nSPS) is 13.5. The van der Waals surface area contributed by atoms with E-state index in [0.29, 0.717) is 5.82 Å². The molecule has 0 aliphatic carbocycles. The lowest BCUT2D eigenvalue weighted by atomic mass is 9.96. The second-order valence-corrected chi connectivity index (χ2v) is 9.38. The van der Waals surface area contributed by atoms with E-state index in [1.54, 1.807) is 20.8 Å². The molecule has 0 spiro atoms. The van der Waals surface area contributed by atoms with Crippen LogP contribution in [0.1, 0.15) is 59.4 Å². The molecule has 0 aliphatic rings. The molecule has 1 aromatic heterocycles. The number of rotatable bonds is 8. The van der Waals surface area contributed by atoms with Crippen LogP contribution < -0.4 is 4.74 Å². The zero-order valence-electron chi connectivity index (χ0n) is 17.4. The molecule has 2 aromatic rings. The smallest absolute Gasteiger partial charge is 0.312 e. The molecule has 160 valence electrons. The van der Waals surface area contributed by atoms with Gasteiger partial charge < -0.3 is 9.26 Å². The van der Waals surface area contributed by atoms with Crippen LogP contribution in [0.3, 0.4) is 0 Å². The third kappa shape index (κ3) is 4.91. The summed E-state index contributed by atoms with van der Waals surface area (Å²) in [5.41, 5.74) is -0.783. The molecule has 0 fully saturated rings. The van der Waals surface area contributed by atoms with Crippen molar-refractivity contribution < 1.29 is 22.6 Å². The molecular weight excluding hydrogens is 400 g/mol. The Morgan fingerprint density at radius 3 is 2.38 bits per heavy atom. The first-order valence-corrected chi connectivity index (χ1v) is 10.6. The molecule has 1 atom stereocenters. The van der Waals surface area contributed by atoms with Crippen molar-refractivity contribution in [1.29, 1.82) is 0 Å². The summed E-state index contributed by atoms with van der Waals surface area (Å²) in [6.45, 7) is 11.3. The summed E-state index contributed by atoms with van der Waals surface area (Å²) >= 11 is 0. The summed E-state index contributed by atoms with van der Waals surface area (Å²) in [6, 6.07) is 3.56. The van der Waals surface area contributed by atoms with Crippen LogP contribution in [0.15, 0.2) is 27.6 Å². The lowest BCUT2D eigenvalue weighted by Crippen LogP contribution is -2.30. The Balaban J connectivity index is 2.36. The molecule has 29 heavy (non-hydrogen) atoms. The maximum Gasteiger partial charge on any atom is 0.312 e. The molecule has 0 radical (unpaired) electrons. The molecular formula is C18H26N4O6S. The summed E-state index contributed by atoms with van der Waals surface area (Å²) in [5, 5.41) is 15.4. The maximum absolute atomic E-state index is 12.7. The Morgan fingerprint density at radius 2 is 1.90 bits per heavy atom. The molecule has 1 aromatic carbocycles. The van der Waals surface area contributed by atoms with Crippen molar-refractivity contribution in [3.05, 3.63) is 40.0 Å². The van der Waals surface area contributed by atoms with Crippen molar-refractivity contribution in [3.63, 3.8) is 0 Å². The molecule has 0 aliphatic heterocycles. The highest BCUT2D eigenvalue weighted by atomic mass is 32.2. The van der Waals surface area contributed by atoms with E-state index in [1.165, 1.54) is 16.4 Å². The van der Waals surface area contributed by atoms with Gasteiger partial charge in [-0.25, -0.2) is 8.42 Å². The Hall–Kier alpha value is -2.53. The van der Waals surface area contributed by atoms with E-state index in [4.69, 9.17) is 9.26 Å². The predicted octanol–water partition coefficient (Wildman–Crippen LogP) is 3.45. The van der Waals surface area contributed by atoms with E-state index in [2.05, 4.69) is 10.1 Å². The van der Waals surface area contributed by atoms with E-state index in [-0.39, 0.29) is 35.0 Å². The first-order valence-electron chi connectivity index (χ1n) is 9.21. The second kappa shape index (κ2) is 8.46. The standard InChI is InChI=1S/C18H26N4O6S/c1-7-21(8-2)29(25,26)13-9-10-15(14(11-13)22(23)24)27-12(3)16-19-17(20-28-16)18(4,5)6/h9-12H,7-8H2,1-6H3. The fourth-order valence-corrected chi connectivity index (χ4v) is 4.04. The van der Waals surface area contributed by atoms with E-state index < -0.39 is 26.7 Å². The van der Waals surface area contributed by atoms with E-state index in [1.807, 2.05) is 20.8 Å². The van der Waals surface area contributed by atoms with Gasteiger partial charge in [-0.1, -0.05) is 39.8 Å². The van der Waals surface area contributed by atoms with Gasteiger partial charge in [0.15, 0.2) is 17.7 Å². The summed E-state index contributed by atoms with van der Waals surface area (Å²) in [4.78, 5) is 15.0. The van der Waals surface area contributed by atoms with Crippen molar-refractivity contribution in [2.75, 3.05) is 13.1 Å². The average Bonchev–Trinajstić information content (AvgIpc) is 3.13.